The second kappa shape index (κ2) is 4.97. The van der Waals surface area contributed by atoms with Gasteiger partial charge in [0, 0.05) is 0 Å². The molecule has 3 rings (SSSR count). The van der Waals surface area contributed by atoms with Crippen molar-refractivity contribution in [3.05, 3.63) is 35.4 Å². The molecule has 2 heterocycles. The number of hydrogen-bond acceptors (Lipinski definition) is 2. The van der Waals surface area contributed by atoms with E-state index in [0.717, 1.165) is 24.6 Å². The van der Waals surface area contributed by atoms with Crippen LogP contribution in [-0.4, -0.2) is 20.4 Å². The zero-order valence-corrected chi connectivity index (χ0v) is 15.1. The second-order valence-corrected chi connectivity index (χ2v) is 11.9. The molecule has 0 fully saturated rings. The molecule has 0 aliphatic rings. The Hall–Kier alpha value is -0.647. The summed E-state index contributed by atoms with van der Waals surface area (Å²) < 4.78 is 17.3. The first-order valence-electron chi connectivity index (χ1n) is 6.30. The molecule has 0 saturated carbocycles. The fourth-order valence-electron chi connectivity index (χ4n) is 2.20. The number of fused-ring (bicyclic) bond motifs is 3. The van der Waals surface area contributed by atoms with Crippen LogP contribution in [0.4, 0.5) is 4.39 Å². The summed E-state index contributed by atoms with van der Waals surface area (Å²) in [5.41, 5.74) is 0. The molecule has 0 aliphatic carbocycles. The monoisotopic (exact) mass is 367 g/mol. The van der Waals surface area contributed by atoms with Crippen LogP contribution >= 0.6 is 22.9 Å². The minimum absolute atomic E-state index is 0.0805. The summed E-state index contributed by atoms with van der Waals surface area (Å²) in [5, 5.41) is 2.68. The van der Waals surface area contributed by atoms with Crippen molar-refractivity contribution in [3.8, 4) is 0 Å². The van der Waals surface area contributed by atoms with Gasteiger partial charge in [0.2, 0.25) is 0 Å². The summed E-state index contributed by atoms with van der Waals surface area (Å²) in [7, 11) is 0. The zero-order valence-electron chi connectivity index (χ0n) is 11.4. The standard InChI is InChI=1S/C15H13ClFGeNS/c1-15(2,3)18-11-10(17)5-4-8-9-6-7-19-14(16)13(9)20-12(8)11/h4-7H,1-3H3. The van der Waals surface area contributed by atoms with Crippen LogP contribution in [0.25, 0.3) is 20.2 Å². The van der Waals surface area contributed by atoms with E-state index in [0.29, 0.717) is 5.15 Å². The van der Waals surface area contributed by atoms with Gasteiger partial charge in [-0.15, -0.1) is 0 Å². The molecular formula is C15H13ClFGeNS. The van der Waals surface area contributed by atoms with Crippen molar-refractivity contribution < 1.29 is 4.39 Å². The summed E-state index contributed by atoms with van der Waals surface area (Å²) in [6.07, 6.45) is 1.71. The van der Waals surface area contributed by atoms with Crippen molar-refractivity contribution in [2.75, 3.05) is 0 Å². The molecule has 1 nitrogen and oxygen atoms in total. The number of rotatable bonds is 1. The molecule has 0 aliphatic heterocycles. The molecular weight excluding hydrogens is 353 g/mol. The van der Waals surface area contributed by atoms with Gasteiger partial charge in [0.05, 0.1) is 0 Å². The molecule has 2 radical (unpaired) electrons. The van der Waals surface area contributed by atoms with Crippen molar-refractivity contribution >= 4 is 62.9 Å². The Bertz CT molecular complexity index is 807. The van der Waals surface area contributed by atoms with Gasteiger partial charge in [0.15, 0.2) is 0 Å². The molecule has 3 aromatic rings. The third-order valence-corrected chi connectivity index (χ3v) is 8.11. The Morgan fingerprint density at radius 3 is 2.55 bits per heavy atom. The summed E-state index contributed by atoms with van der Waals surface area (Å²) in [5.74, 6) is -0.0805. The van der Waals surface area contributed by atoms with E-state index < -0.39 is 15.4 Å². The number of halogens is 2. The van der Waals surface area contributed by atoms with E-state index in [9.17, 15) is 4.39 Å². The number of benzene rings is 1. The number of hydrogen-bond donors (Lipinski definition) is 0. The van der Waals surface area contributed by atoms with E-state index in [4.69, 9.17) is 11.6 Å². The Balaban J connectivity index is 2.37. The molecule has 0 spiro atoms. The van der Waals surface area contributed by atoms with Crippen LogP contribution in [-0.2, 0) is 0 Å². The van der Waals surface area contributed by atoms with Gasteiger partial charge in [-0.3, -0.25) is 0 Å². The Kier molecular flexibility index (Phi) is 3.55. The average Bonchev–Trinajstić information content (AvgIpc) is 2.72. The van der Waals surface area contributed by atoms with Gasteiger partial charge in [-0.1, -0.05) is 0 Å². The minimum atomic E-state index is -0.569. The first-order chi connectivity index (χ1) is 9.37. The van der Waals surface area contributed by atoms with Crippen molar-refractivity contribution in [3.63, 3.8) is 0 Å². The molecule has 0 saturated heterocycles. The molecule has 0 unspecified atom stereocenters. The number of nitrogens with zero attached hydrogens (tertiary/aromatic N) is 1. The number of aromatic nitrogens is 1. The van der Waals surface area contributed by atoms with Crippen LogP contribution in [0.3, 0.4) is 0 Å². The van der Waals surface area contributed by atoms with Crippen LogP contribution in [0.15, 0.2) is 24.4 Å². The van der Waals surface area contributed by atoms with Crippen molar-refractivity contribution in [1.29, 1.82) is 0 Å². The van der Waals surface area contributed by atoms with Crippen LogP contribution in [0.2, 0.25) is 9.40 Å². The number of pyridine rings is 1. The van der Waals surface area contributed by atoms with Crippen molar-refractivity contribution in [1.82, 2.24) is 4.98 Å². The van der Waals surface area contributed by atoms with Crippen molar-refractivity contribution in [2.45, 2.75) is 25.0 Å². The van der Waals surface area contributed by atoms with Gasteiger partial charge < -0.3 is 0 Å². The molecule has 102 valence electrons. The van der Waals surface area contributed by atoms with Crippen LogP contribution in [0.5, 0.6) is 0 Å². The normalized spacial score (nSPS) is 12.4. The molecule has 0 N–H and O–H groups in total. The van der Waals surface area contributed by atoms with Gasteiger partial charge in [-0.2, -0.15) is 0 Å². The Labute approximate surface area is 132 Å². The molecule has 0 bridgehead atoms. The quantitative estimate of drug-likeness (QED) is 0.446. The van der Waals surface area contributed by atoms with E-state index in [2.05, 4.69) is 25.8 Å². The molecule has 5 heteroatoms. The van der Waals surface area contributed by atoms with E-state index in [1.54, 1.807) is 23.6 Å². The Morgan fingerprint density at radius 2 is 1.85 bits per heavy atom. The Morgan fingerprint density at radius 1 is 1.15 bits per heavy atom. The maximum atomic E-state index is 14.3. The predicted molar refractivity (Wildman–Crippen MR) is 87.2 cm³/mol. The average molecular weight is 366 g/mol. The van der Waals surface area contributed by atoms with Crippen LogP contribution in [0, 0.1) is 5.82 Å². The predicted octanol–water partition coefficient (Wildman–Crippen LogP) is 4.79. The topological polar surface area (TPSA) is 12.9 Å². The third kappa shape index (κ3) is 2.47. The van der Waals surface area contributed by atoms with Crippen LogP contribution in [0.1, 0.15) is 20.8 Å². The van der Waals surface area contributed by atoms with E-state index in [-0.39, 0.29) is 10.1 Å². The summed E-state index contributed by atoms with van der Waals surface area (Å²) in [6.45, 7) is 6.52. The first kappa shape index (κ1) is 14.3. The first-order valence-corrected chi connectivity index (χ1v) is 9.59. The fourth-order valence-corrected chi connectivity index (χ4v) is 6.70. The van der Waals surface area contributed by atoms with Gasteiger partial charge in [-0.25, -0.2) is 0 Å². The van der Waals surface area contributed by atoms with E-state index in [1.165, 1.54) is 0 Å². The number of thiophene rings is 1. The molecule has 20 heavy (non-hydrogen) atoms. The van der Waals surface area contributed by atoms with Crippen LogP contribution < -0.4 is 4.40 Å². The maximum absolute atomic E-state index is 14.3. The summed E-state index contributed by atoms with van der Waals surface area (Å²) >= 11 is 7.17. The second-order valence-electron chi connectivity index (χ2n) is 5.75. The van der Waals surface area contributed by atoms with Gasteiger partial charge >= 0.3 is 133 Å². The van der Waals surface area contributed by atoms with Gasteiger partial charge in [-0.05, 0) is 0 Å². The molecule has 2 aromatic heterocycles. The molecule has 0 amide bonds. The SMILES string of the molecule is C[C](C)(C)[Ge][c]1c(F)ccc2c1sc1c(Cl)nccc12. The zero-order chi connectivity index (χ0) is 14.5. The fraction of sp³-hybridized carbons (Fsp3) is 0.267. The van der Waals surface area contributed by atoms with E-state index in [1.807, 2.05) is 12.1 Å². The van der Waals surface area contributed by atoms with E-state index >= 15 is 0 Å². The van der Waals surface area contributed by atoms with Gasteiger partial charge in [0.1, 0.15) is 0 Å². The summed E-state index contributed by atoms with van der Waals surface area (Å²) in [4.78, 5) is 4.12. The molecule has 0 atom stereocenters. The van der Waals surface area contributed by atoms with Crippen molar-refractivity contribution in [2.24, 2.45) is 0 Å². The summed E-state index contributed by atoms with van der Waals surface area (Å²) in [6, 6.07) is 5.41. The third-order valence-electron chi connectivity index (χ3n) is 2.96. The molecule has 1 aromatic carbocycles. The van der Waals surface area contributed by atoms with Gasteiger partial charge in [0.25, 0.3) is 0 Å².